The molecule has 3 rings (SSSR count). The summed E-state index contributed by atoms with van der Waals surface area (Å²) in [6, 6.07) is 6.61. The summed E-state index contributed by atoms with van der Waals surface area (Å²) < 4.78 is 5.13. The Bertz CT molecular complexity index is 903. The lowest BCUT2D eigenvalue weighted by atomic mass is 9.94. The maximum atomic E-state index is 12.9. The summed E-state index contributed by atoms with van der Waals surface area (Å²) in [6.45, 7) is 6.15. The summed E-state index contributed by atoms with van der Waals surface area (Å²) in [5, 5.41) is 5.23. The van der Waals surface area contributed by atoms with Crippen LogP contribution in [0.5, 0.6) is 0 Å². The van der Waals surface area contributed by atoms with Gasteiger partial charge in [-0.1, -0.05) is 31.4 Å². The van der Waals surface area contributed by atoms with Crippen molar-refractivity contribution in [1.29, 1.82) is 0 Å². The number of hydrogen-bond donors (Lipinski definition) is 2. The highest BCUT2D eigenvalue weighted by molar-refractivity contribution is 7.80. The first-order chi connectivity index (χ1) is 14.0. The van der Waals surface area contributed by atoms with Crippen molar-refractivity contribution < 1.29 is 4.74 Å². The highest BCUT2D eigenvalue weighted by Gasteiger charge is 2.24. The smallest absolute Gasteiger partial charge is 0.253 e. The monoisotopic (exact) mass is 415 g/mol. The van der Waals surface area contributed by atoms with Crippen LogP contribution in [0, 0.1) is 13.8 Å². The highest BCUT2D eigenvalue weighted by atomic mass is 32.1. The molecule has 0 unspecified atom stereocenters. The summed E-state index contributed by atoms with van der Waals surface area (Å²) in [5.74, 6) is 0. The normalized spacial score (nSPS) is 14.9. The van der Waals surface area contributed by atoms with E-state index in [0.29, 0.717) is 19.2 Å². The lowest BCUT2D eigenvalue weighted by molar-refractivity contribution is 0.194. The number of ether oxygens (including phenoxy) is 1. The predicted molar refractivity (Wildman–Crippen MR) is 124 cm³/mol. The maximum Gasteiger partial charge on any atom is 0.253 e. The Labute approximate surface area is 178 Å². The molecule has 6 heteroatoms. The second-order valence-corrected chi connectivity index (χ2v) is 8.50. The van der Waals surface area contributed by atoms with Gasteiger partial charge >= 0.3 is 0 Å². The number of nitrogens with one attached hydrogen (secondary N) is 2. The molecule has 2 N–H and O–H groups in total. The Morgan fingerprint density at radius 2 is 1.97 bits per heavy atom. The zero-order valence-corrected chi connectivity index (χ0v) is 18.7. The largest absolute Gasteiger partial charge is 0.385 e. The van der Waals surface area contributed by atoms with Gasteiger partial charge in [-0.15, -0.1) is 0 Å². The van der Waals surface area contributed by atoms with Gasteiger partial charge in [-0.05, 0) is 62.5 Å². The molecule has 158 valence electrons. The molecule has 1 aromatic heterocycles. The fourth-order valence-electron chi connectivity index (χ4n) is 4.19. The molecule has 2 aromatic rings. The maximum absolute atomic E-state index is 12.9. The number of aromatic amines is 1. The van der Waals surface area contributed by atoms with Gasteiger partial charge in [-0.25, -0.2) is 0 Å². The number of fused-ring (bicyclic) bond motifs is 1. The van der Waals surface area contributed by atoms with Crippen LogP contribution in [0.25, 0.3) is 10.9 Å². The van der Waals surface area contributed by atoms with Crippen LogP contribution in [0.2, 0.25) is 0 Å². The standard InChI is InChI=1S/C23H33N3O2S/c1-16-10-11-17(2)21-20(16)14-18(22(27)25-21)15-26(19-8-5-4-6-9-19)23(29)24-12-7-13-28-3/h10-11,14,19H,4-9,12-13,15H2,1-3H3,(H,24,29)(H,25,27). The van der Waals surface area contributed by atoms with E-state index in [9.17, 15) is 4.79 Å². The molecule has 0 atom stereocenters. The number of aryl methyl sites for hydroxylation is 2. The van der Waals surface area contributed by atoms with Crippen LogP contribution in [0.1, 0.15) is 55.2 Å². The number of rotatable bonds is 7. The van der Waals surface area contributed by atoms with Crippen LogP contribution in [0.15, 0.2) is 23.0 Å². The fraction of sp³-hybridized carbons (Fsp3) is 0.565. The van der Waals surface area contributed by atoms with Gasteiger partial charge in [0.15, 0.2) is 5.11 Å². The number of nitrogens with zero attached hydrogens (tertiary/aromatic N) is 1. The topological polar surface area (TPSA) is 57.4 Å². The first-order valence-corrected chi connectivity index (χ1v) is 11.1. The van der Waals surface area contributed by atoms with E-state index >= 15 is 0 Å². The third-order valence-corrected chi connectivity index (χ3v) is 6.32. The van der Waals surface area contributed by atoms with Gasteiger partial charge in [0.05, 0.1) is 12.1 Å². The molecule has 1 fully saturated rings. The van der Waals surface area contributed by atoms with Crippen molar-refractivity contribution in [2.24, 2.45) is 0 Å². The number of pyridine rings is 1. The van der Waals surface area contributed by atoms with Gasteiger partial charge in [0.25, 0.3) is 5.56 Å². The van der Waals surface area contributed by atoms with Crippen molar-refractivity contribution in [3.8, 4) is 0 Å². The number of thiocarbonyl (C=S) groups is 1. The SMILES string of the molecule is COCCCNC(=S)N(Cc1cc2c(C)ccc(C)c2[nH]c1=O)C1CCCCC1. The van der Waals surface area contributed by atoms with E-state index in [0.717, 1.165) is 52.9 Å². The lowest BCUT2D eigenvalue weighted by Crippen LogP contribution is -2.47. The molecule has 29 heavy (non-hydrogen) atoms. The average molecular weight is 416 g/mol. The van der Waals surface area contributed by atoms with Gasteiger partial charge in [-0.2, -0.15) is 0 Å². The molecule has 0 aliphatic heterocycles. The lowest BCUT2D eigenvalue weighted by Gasteiger charge is -2.36. The van der Waals surface area contributed by atoms with Crippen molar-refractivity contribution >= 4 is 28.2 Å². The van der Waals surface area contributed by atoms with E-state index < -0.39 is 0 Å². The van der Waals surface area contributed by atoms with Gasteiger partial charge in [0, 0.05) is 37.3 Å². The summed E-state index contributed by atoms with van der Waals surface area (Å²) >= 11 is 5.75. The number of aromatic nitrogens is 1. The molecule has 1 aliphatic rings. The molecule has 1 aromatic carbocycles. The Balaban J connectivity index is 1.86. The van der Waals surface area contributed by atoms with Crippen LogP contribution in [-0.4, -0.2) is 41.3 Å². The molecule has 0 radical (unpaired) electrons. The van der Waals surface area contributed by atoms with E-state index in [1.165, 1.54) is 24.8 Å². The predicted octanol–water partition coefficient (Wildman–Crippen LogP) is 4.19. The van der Waals surface area contributed by atoms with E-state index in [-0.39, 0.29) is 5.56 Å². The van der Waals surface area contributed by atoms with Crippen LogP contribution in [-0.2, 0) is 11.3 Å². The van der Waals surface area contributed by atoms with Crippen LogP contribution in [0.4, 0.5) is 0 Å². The molecule has 1 heterocycles. The van der Waals surface area contributed by atoms with Crippen molar-refractivity contribution in [2.75, 3.05) is 20.3 Å². The third-order valence-electron chi connectivity index (χ3n) is 5.94. The van der Waals surface area contributed by atoms with Crippen LogP contribution >= 0.6 is 12.2 Å². The van der Waals surface area contributed by atoms with Crippen molar-refractivity contribution in [3.05, 3.63) is 45.2 Å². The second kappa shape index (κ2) is 10.2. The zero-order chi connectivity index (χ0) is 20.8. The minimum atomic E-state index is -0.0193. The number of benzene rings is 1. The van der Waals surface area contributed by atoms with Crippen molar-refractivity contribution in [3.63, 3.8) is 0 Å². The van der Waals surface area contributed by atoms with E-state index in [1.54, 1.807) is 7.11 Å². The van der Waals surface area contributed by atoms with Gasteiger partial charge in [0.2, 0.25) is 0 Å². The summed E-state index contributed by atoms with van der Waals surface area (Å²) in [5.41, 5.74) is 3.96. The number of hydrogen-bond acceptors (Lipinski definition) is 3. The van der Waals surface area contributed by atoms with Gasteiger partial charge in [-0.3, -0.25) is 4.79 Å². The molecule has 0 amide bonds. The molecule has 1 aliphatic carbocycles. The van der Waals surface area contributed by atoms with Crippen LogP contribution < -0.4 is 10.9 Å². The Morgan fingerprint density at radius 3 is 2.69 bits per heavy atom. The molecule has 5 nitrogen and oxygen atoms in total. The Hall–Kier alpha value is -1.92. The fourth-order valence-corrected chi connectivity index (χ4v) is 4.51. The Kier molecular flexibility index (Phi) is 7.67. The first kappa shape index (κ1) is 21.8. The summed E-state index contributed by atoms with van der Waals surface area (Å²) in [7, 11) is 1.71. The summed E-state index contributed by atoms with van der Waals surface area (Å²) in [4.78, 5) is 18.2. The van der Waals surface area contributed by atoms with Crippen LogP contribution in [0.3, 0.4) is 0 Å². The molecular weight excluding hydrogens is 382 g/mol. The van der Waals surface area contributed by atoms with E-state index in [1.807, 2.05) is 6.92 Å². The van der Waals surface area contributed by atoms with Crippen molar-refractivity contribution in [2.45, 2.75) is 65.0 Å². The first-order valence-electron chi connectivity index (χ1n) is 10.7. The molecule has 0 spiro atoms. The average Bonchev–Trinajstić information content (AvgIpc) is 2.73. The summed E-state index contributed by atoms with van der Waals surface area (Å²) in [6.07, 6.45) is 6.89. The highest BCUT2D eigenvalue weighted by Crippen LogP contribution is 2.25. The second-order valence-electron chi connectivity index (χ2n) is 8.11. The number of H-pyrrole nitrogens is 1. The minimum Gasteiger partial charge on any atom is -0.385 e. The van der Waals surface area contributed by atoms with Crippen molar-refractivity contribution in [1.82, 2.24) is 15.2 Å². The van der Waals surface area contributed by atoms with Gasteiger partial charge < -0.3 is 19.9 Å². The molecule has 1 saturated carbocycles. The minimum absolute atomic E-state index is 0.0193. The Morgan fingerprint density at radius 1 is 1.24 bits per heavy atom. The van der Waals surface area contributed by atoms with E-state index in [4.69, 9.17) is 17.0 Å². The number of methoxy groups -OCH3 is 1. The van der Waals surface area contributed by atoms with Gasteiger partial charge in [0.1, 0.15) is 0 Å². The molecular formula is C23H33N3O2S. The molecule has 0 saturated heterocycles. The third kappa shape index (κ3) is 5.37. The van der Waals surface area contributed by atoms with E-state index in [2.05, 4.69) is 40.3 Å². The quantitative estimate of drug-likeness (QED) is 0.525. The molecule has 0 bridgehead atoms. The zero-order valence-electron chi connectivity index (χ0n) is 17.8.